The highest BCUT2D eigenvalue weighted by molar-refractivity contribution is 6.32. The molecule has 0 fully saturated rings. The third-order valence-corrected chi connectivity index (χ3v) is 3.91. The van der Waals surface area contributed by atoms with Gasteiger partial charge in [0.05, 0.1) is 11.1 Å². The van der Waals surface area contributed by atoms with Gasteiger partial charge >= 0.3 is 0 Å². The lowest BCUT2D eigenvalue weighted by atomic mass is 10.1. The number of pyridine rings is 1. The number of halogens is 1. The number of hydrogen-bond acceptors (Lipinski definition) is 3. The Morgan fingerprint density at radius 3 is 2.83 bits per heavy atom. The Morgan fingerprint density at radius 2 is 2.00 bits per heavy atom. The molecule has 0 radical (unpaired) electrons. The van der Waals surface area contributed by atoms with E-state index >= 15 is 0 Å². The largest absolute Gasteiger partial charge is 0.488 e. The first-order valence-corrected chi connectivity index (χ1v) is 7.54. The summed E-state index contributed by atoms with van der Waals surface area (Å²) >= 11 is 6.30. The summed E-state index contributed by atoms with van der Waals surface area (Å²) in [5, 5.41) is 4.19. The molecule has 0 unspecified atom stereocenters. The SMILES string of the molecule is CNC(=O)c1ccccc1OCc1c(Cl)ccc2cccnc12. The molecule has 1 heterocycles. The first-order valence-electron chi connectivity index (χ1n) is 7.16. The lowest BCUT2D eigenvalue weighted by Crippen LogP contribution is -2.18. The molecule has 23 heavy (non-hydrogen) atoms. The topological polar surface area (TPSA) is 51.2 Å². The zero-order valence-electron chi connectivity index (χ0n) is 12.5. The van der Waals surface area contributed by atoms with Crippen molar-refractivity contribution in [3.8, 4) is 5.75 Å². The third kappa shape index (κ3) is 3.12. The minimum absolute atomic E-state index is 0.192. The van der Waals surface area contributed by atoms with Gasteiger partial charge in [0.15, 0.2) is 0 Å². The van der Waals surface area contributed by atoms with E-state index in [0.29, 0.717) is 16.3 Å². The number of carbonyl (C=O) groups excluding carboxylic acids is 1. The van der Waals surface area contributed by atoms with Crippen LogP contribution in [0.2, 0.25) is 5.02 Å². The highest BCUT2D eigenvalue weighted by Crippen LogP contribution is 2.27. The standard InChI is InChI=1S/C18H15ClN2O2/c1-20-18(22)13-6-2-3-7-16(13)23-11-14-15(19)9-8-12-5-4-10-21-17(12)14/h2-10H,11H2,1H3,(H,20,22). The zero-order valence-corrected chi connectivity index (χ0v) is 13.3. The number of para-hydroxylation sites is 1. The highest BCUT2D eigenvalue weighted by atomic mass is 35.5. The quantitative estimate of drug-likeness (QED) is 0.792. The van der Waals surface area contributed by atoms with Crippen molar-refractivity contribution in [2.24, 2.45) is 0 Å². The normalized spacial score (nSPS) is 10.5. The number of amides is 1. The van der Waals surface area contributed by atoms with Gasteiger partial charge in [0.2, 0.25) is 0 Å². The first kappa shape index (κ1) is 15.3. The molecule has 0 saturated heterocycles. The van der Waals surface area contributed by atoms with Crippen molar-refractivity contribution in [3.63, 3.8) is 0 Å². The van der Waals surface area contributed by atoms with Crippen LogP contribution in [0.1, 0.15) is 15.9 Å². The number of carbonyl (C=O) groups is 1. The van der Waals surface area contributed by atoms with Gasteiger partial charge < -0.3 is 10.1 Å². The van der Waals surface area contributed by atoms with E-state index in [1.165, 1.54) is 0 Å². The molecular weight excluding hydrogens is 312 g/mol. The van der Waals surface area contributed by atoms with Gasteiger partial charge in [0, 0.05) is 29.2 Å². The molecule has 3 aromatic rings. The average Bonchev–Trinajstić information content (AvgIpc) is 2.60. The molecule has 0 atom stereocenters. The number of nitrogens with one attached hydrogen (secondary N) is 1. The maximum Gasteiger partial charge on any atom is 0.254 e. The summed E-state index contributed by atoms with van der Waals surface area (Å²) in [4.78, 5) is 16.3. The summed E-state index contributed by atoms with van der Waals surface area (Å²) in [6, 6.07) is 14.7. The molecule has 0 bridgehead atoms. The van der Waals surface area contributed by atoms with Crippen LogP contribution in [0, 0.1) is 0 Å². The molecule has 1 aromatic heterocycles. The summed E-state index contributed by atoms with van der Waals surface area (Å²) in [7, 11) is 1.59. The van der Waals surface area contributed by atoms with E-state index in [2.05, 4.69) is 10.3 Å². The molecule has 0 spiro atoms. The third-order valence-electron chi connectivity index (χ3n) is 3.55. The van der Waals surface area contributed by atoms with Gasteiger partial charge in [-0.3, -0.25) is 9.78 Å². The monoisotopic (exact) mass is 326 g/mol. The van der Waals surface area contributed by atoms with Crippen LogP contribution in [0.25, 0.3) is 10.9 Å². The average molecular weight is 327 g/mol. The molecule has 0 aliphatic carbocycles. The van der Waals surface area contributed by atoms with Gasteiger partial charge in [-0.2, -0.15) is 0 Å². The number of aromatic nitrogens is 1. The van der Waals surface area contributed by atoms with Crippen LogP contribution in [0.4, 0.5) is 0 Å². The Balaban J connectivity index is 1.93. The van der Waals surface area contributed by atoms with Crippen LogP contribution < -0.4 is 10.1 Å². The van der Waals surface area contributed by atoms with E-state index in [4.69, 9.17) is 16.3 Å². The Kier molecular flexibility index (Phi) is 4.44. The summed E-state index contributed by atoms with van der Waals surface area (Å²) in [5.74, 6) is 0.318. The van der Waals surface area contributed by atoms with Crippen molar-refractivity contribution in [3.05, 3.63) is 70.9 Å². The van der Waals surface area contributed by atoms with Crippen molar-refractivity contribution in [1.82, 2.24) is 10.3 Å². The number of hydrogen-bond donors (Lipinski definition) is 1. The van der Waals surface area contributed by atoms with Gasteiger partial charge in [-0.1, -0.05) is 35.9 Å². The van der Waals surface area contributed by atoms with Crippen LogP contribution in [0.3, 0.4) is 0 Å². The highest BCUT2D eigenvalue weighted by Gasteiger charge is 2.13. The van der Waals surface area contributed by atoms with Crippen molar-refractivity contribution < 1.29 is 9.53 Å². The molecule has 2 aromatic carbocycles. The van der Waals surface area contributed by atoms with Crippen LogP contribution in [0.15, 0.2) is 54.7 Å². The van der Waals surface area contributed by atoms with Gasteiger partial charge in [-0.25, -0.2) is 0 Å². The molecule has 4 nitrogen and oxygen atoms in total. The predicted molar refractivity (Wildman–Crippen MR) is 90.9 cm³/mol. The number of nitrogens with zero attached hydrogens (tertiary/aromatic N) is 1. The minimum Gasteiger partial charge on any atom is -0.488 e. The number of benzene rings is 2. The van der Waals surface area contributed by atoms with Gasteiger partial charge in [-0.05, 0) is 24.3 Å². The number of rotatable bonds is 4. The van der Waals surface area contributed by atoms with Crippen molar-refractivity contribution in [2.75, 3.05) is 7.05 Å². The summed E-state index contributed by atoms with van der Waals surface area (Å²) < 4.78 is 5.85. The molecular formula is C18H15ClN2O2. The molecule has 3 rings (SSSR count). The van der Waals surface area contributed by atoms with Crippen molar-refractivity contribution >= 4 is 28.4 Å². The molecule has 1 amide bonds. The van der Waals surface area contributed by atoms with E-state index in [-0.39, 0.29) is 12.5 Å². The first-order chi connectivity index (χ1) is 11.2. The minimum atomic E-state index is -0.192. The zero-order chi connectivity index (χ0) is 16.2. The lowest BCUT2D eigenvalue weighted by Gasteiger charge is -2.12. The van der Waals surface area contributed by atoms with Gasteiger partial charge in [0.1, 0.15) is 12.4 Å². The van der Waals surface area contributed by atoms with Crippen LogP contribution in [0.5, 0.6) is 5.75 Å². The van der Waals surface area contributed by atoms with Crippen LogP contribution >= 0.6 is 11.6 Å². The predicted octanol–water partition coefficient (Wildman–Crippen LogP) is 3.83. The van der Waals surface area contributed by atoms with E-state index in [0.717, 1.165) is 16.5 Å². The van der Waals surface area contributed by atoms with Gasteiger partial charge in [-0.15, -0.1) is 0 Å². The van der Waals surface area contributed by atoms with E-state index < -0.39 is 0 Å². The smallest absolute Gasteiger partial charge is 0.254 e. The second-order valence-electron chi connectivity index (χ2n) is 4.97. The molecule has 116 valence electrons. The molecule has 0 aliphatic rings. The van der Waals surface area contributed by atoms with Crippen molar-refractivity contribution in [2.45, 2.75) is 6.61 Å². The molecule has 5 heteroatoms. The molecule has 0 saturated carbocycles. The second kappa shape index (κ2) is 6.67. The van der Waals surface area contributed by atoms with E-state index in [1.54, 1.807) is 31.4 Å². The number of ether oxygens (including phenoxy) is 1. The van der Waals surface area contributed by atoms with E-state index in [1.807, 2.05) is 30.3 Å². The lowest BCUT2D eigenvalue weighted by molar-refractivity contribution is 0.0958. The van der Waals surface area contributed by atoms with Gasteiger partial charge in [0.25, 0.3) is 5.91 Å². The number of fused-ring (bicyclic) bond motifs is 1. The maximum atomic E-state index is 11.9. The summed E-state index contributed by atoms with van der Waals surface area (Å²) in [5.41, 5.74) is 2.09. The Labute approximate surface area is 139 Å². The fraction of sp³-hybridized carbons (Fsp3) is 0.111. The van der Waals surface area contributed by atoms with Crippen molar-refractivity contribution in [1.29, 1.82) is 0 Å². The Bertz CT molecular complexity index is 865. The Hall–Kier alpha value is -2.59. The second-order valence-corrected chi connectivity index (χ2v) is 5.37. The summed E-state index contributed by atoms with van der Waals surface area (Å²) in [6.07, 6.45) is 1.72. The maximum absolute atomic E-state index is 11.9. The van der Waals surface area contributed by atoms with Crippen LogP contribution in [-0.4, -0.2) is 17.9 Å². The fourth-order valence-corrected chi connectivity index (χ4v) is 2.59. The Morgan fingerprint density at radius 1 is 1.17 bits per heavy atom. The molecule has 1 N–H and O–H groups in total. The van der Waals surface area contributed by atoms with E-state index in [9.17, 15) is 4.79 Å². The fourth-order valence-electron chi connectivity index (χ4n) is 2.38. The van der Waals surface area contributed by atoms with Crippen LogP contribution in [-0.2, 0) is 6.61 Å². The molecule has 0 aliphatic heterocycles. The summed E-state index contributed by atoms with van der Waals surface area (Å²) in [6.45, 7) is 0.237.